The summed E-state index contributed by atoms with van der Waals surface area (Å²) in [6.07, 6.45) is 2.57. The van der Waals surface area contributed by atoms with E-state index in [2.05, 4.69) is 26.1 Å². The van der Waals surface area contributed by atoms with E-state index in [1.54, 1.807) is 0 Å². The van der Waals surface area contributed by atoms with Gasteiger partial charge in [-0.2, -0.15) is 0 Å². The highest BCUT2D eigenvalue weighted by atomic mass is 16.5. The van der Waals surface area contributed by atoms with Gasteiger partial charge in [-0.15, -0.1) is 0 Å². The molecule has 1 aliphatic rings. The molecule has 84 valence electrons. The van der Waals surface area contributed by atoms with Gasteiger partial charge in [-0.05, 0) is 31.8 Å². The van der Waals surface area contributed by atoms with Crippen LogP contribution in [0.25, 0.3) is 0 Å². The molecule has 1 atom stereocenters. The minimum Gasteiger partial charge on any atom is -0.380 e. The van der Waals surface area contributed by atoms with Gasteiger partial charge in [-0.3, -0.25) is 0 Å². The van der Waals surface area contributed by atoms with Crippen molar-refractivity contribution in [2.75, 3.05) is 26.8 Å². The normalized spacial score (nSPS) is 22.1. The monoisotopic (exact) mass is 199 g/mol. The van der Waals surface area contributed by atoms with Crippen molar-refractivity contribution in [3.05, 3.63) is 0 Å². The molecule has 1 aliphatic heterocycles. The summed E-state index contributed by atoms with van der Waals surface area (Å²) in [6, 6.07) is 0. The lowest BCUT2D eigenvalue weighted by Crippen LogP contribution is -2.51. The number of rotatable bonds is 6. The third-order valence-corrected chi connectivity index (χ3v) is 3.40. The van der Waals surface area contributed by atoms with E-state index in [1.807, 2.05) is 7.05 Å². The minimum atomic E-state index is 0.478. The molecule has 0 amide bonds. The molecule has 0 aliphatic carbocycles. The maximum atomic E-state index is 5.44. The second-order valence-electron chi connectivity index (χ2n) is 5.12. The number of ether oxygens (including phenoxy) is 1. The molecule has 0 aromatic heterocycles. The molecule has 0 aromatic rings. The van der Waals surface area contributed by atoms with Gasteiger partial charge in [-0.25, -0.2) is 0 Å². The fourth-order valence-electron chi connectivity index (χ4n) is 2.74. The van der Waals surface area contributed by atoms with Crippen LogP contribution in [-0.2, 0) is 4.74 Å². The van der Waals surface area contributed by atoms with Gasteiger partial charge in [0.25, 0.3) is 0 Å². The van der Waals surface area contributed by atoms with Crippen LogP contribution in [0.3, 0.4) is 0 Å². The number of hydrogen-bond acceptors (Lipinski definition) is 2. The summed E-state index contributed by atoms with van der Waals surface area (Å²) in [5, 5.41) is 3.31. The lowest BCUT2D eigenvalue weighted by molar-refractivity contribution is -0.155. The van der Waals surface area contributed by atoms with Crippen LogP contribution in [-0.4, -0.2) is 26.8 Å². The Morgan fingerprint density at radius 2 is 2.00 bits per heavy atom. The van der Waals surface area contributed by atoms with Gasteiger partial charge >= 0.3 is 0 Å². The standard InChI is InChI=1S/C12H25NO/c1-5-11(7-13-4)12(6-10(2)3)8-14-9-12/h10-11,13H,5-9H2,1-4H3. The number of hydrogen-bond donors (Lipinski definition) is 1. The van der Waals surface area contributed by atoms with Crippen molar-refractivity contribution in [2.45, 2.75) is 33.6 Å². The molecule has 0 spiro atoms. The van der Waals surface area contributed by atoms with E-state index < -0.39 is 0 Å². The van der Waals surface area contributed by atoms with Gasteiger partial charge in [-0.1, -0.05) is 27.2 Å². The van der Waals surface area contributed by atoms with Crippen LogP contribution >= 0.6 is 0 Å². The van der Waals surface area contributed by atoms with E-state index in [9.17, 15) is 0 Å². The summed E-state index contributed by atoms with van der Waals surface area (Å²) >= 11 is 0. The van der Waals surface area contributed by atoms with Crippen LogP contribution in [0.1, 0.15) is 33.6 Å². The van der Waals surface area contributed by atoms with Crippen LogP contribution in [0, 0.1) is 17.3 Å². The molecule has 14 heavy (non-hydrogen) atoms. The van der Waals surface area contributed by atoms with E-state index in [0.29, 0.717) is 5.41 Å². The molecule has 0 aromatic carbocycles. The molecule has 0 radical (unpaired) electrons. The Balaban J connectivity index is 2.56. The predicted octanol–water partition coefficient (Wildman–Crippen LogP) is 2.29. The second-order valence-corrected chi connectivity index (χ2v) is 5.12. The van der Waals surface area contributed by atoms with Crippen LogP contribution < -0.4 is 5.32 Å². The van der Waals surface area contributed by atoms with Gasteiger partial charge in [0.15, 0.2) is 0 Å². The Kier molecular flexibility index (Phi) is 4.39. The first-order chi connectivity index (χ1) is 6.64. The Hall–Kier alpha value is -0.0800. The summed E-state index contributed by atoms with van der Waals surface area (Å²) in [4.78, 5) is 0. The molecule has 1 rings (SSSR count). The van der Waals surface area contributed by atoms with Crippen LogP contribution in [0.15, 0.2) is 0 Å². The van der Waals surface area contributed by atoms with Crippen molar-refractivity contribution in [2.24, 2.45) is 17.3 Å². The molecule has 0 bridgehead atoms. The molecule has 1 heterocycles. The lowest BCUT2D eigenvalue weighted by atomic mass is 9.67. The van der Waals surface area contributed by atoms with Crippen LogP contribution in [0.4, 0.5) is 0 Å². The highest BCUT2D eigenvalue weighted by Gasteiger charge is 2.44. The Labute approximate surface area is 88.4 Å². The van der Waals surface area contributed by atoms with Crippen molar-refractivity contribution in [3.63, 3.8) is 0 Å². The molecule has 1 N–H and O–H groups in total. The van der Waals surface area contributed by atoms with Crippen molar-refractivity contribution in [3.8, 4) is 0 Å². The maximum absolute atomic E-state index is 5.44. The fourth-order valence-corrected chi connectivity index (χ4v) is 2.74. The third kappa shape index (κ3) is 2.48. The quantitative estimate of drug-likeness (QED) is 0.708. The average molecular weight is 199 g/mol. The maximum Gasteiger partial charge on any atom is 0.0548 e. The molecular weight excluding hydrogens is 174 g/mol. The highest BCUT2D eigenvalue weighted by molar-refractivity contribution is 4.92. The topological polar surface area (TPSA) is 21.3 Å². The van der Waals surface area contributed by atoms with Gasteiger partial charge in [0.1, 0.15) is 0 Å². The van der Waals surface area contributed by atoms with E-state index in [4.69, 9.17) is 4.74 Å². The molecule has 2 nitrogen and oxygen atoms in total. The molecular formula is C12H25NO. The zero-order chi connectivity index (χ0) is 10.6. The van der Waals surface area contributed by atoms with Gasteiger partial charge in [0.05, 0.1) is 13.2 Å². The van der Waals surface area contributed by atoms with Gasteiger partial charge in [0.2, 0.25) is 0 Å². The summed E-state index contributed by atoms with van der Waals surface area (Å²) in [5.74, 6) is 1.56. The van der Waals surface area contributed by atoms with Gasteiger partial charge < -0.3 is 10.1 Å². The van der Waals surface area contributed by atoms with Crippen LogP contribution in [0.2, 0.25) is 0 Å². The van der Waals surface area contributed by atoms with Crippen molar-refractivity contribution >= 4 is 0 Å². The Bertz CT molecular complexity index is 164. The van der Waals surface area contributed by atoms with Crippen molar-refractivity contribution < 1.29 is 4.74 Å². The zero-order valence-corrected chi connectivity index (χ0v) is 10.1. The fraction of sp³-hybridized carbons (Fsp3) is 1.00. The van der Waals surface area contributed by atoms with E-state index >= 15 is 0 Å². The molecule has 2 heteroatoms. The average Bonchev–Trinajstić information content (AvgIpc) is 2.07. The van der Waals surface area contributed by atoms with Gasteiger partial charge in [0, 0.05) is 5.41 Å². The Morgan fingerprint density at radius 1 is 1.36 bits per heavy atom. The minimum absolute atomic E-state index is 0.478. The van der Waals surface area contributed by atoms with Crippen LogP contribution in [0.5, 0.6) is 0 Å². The van der Waals surface area contributed by atoms with E-state index in [-0.39, 0.29) is 0 Å². The zero-order valence-electron chi connectivity index (χ0n) is 10.1. The molecule has 1 unspecified atom stereocenters. The first-order valence-corrected chi connectivity index (χ1v) is 5.87. The van der Waals surface area contributed by atoms with Crippen molar-refractivity contribution in [1.29, 1.82) is 0 Å². The van der Waals surface area contributed by atoms with E-state index in [1.165, 1.54) is 12.8 Å². The smallest absolute Gasteiger partial charge is 0.0548 e. The molecule has 1 fully saturated rings. The largest absolute Gasteiger partial charge is 0.380 e. The SMILES string of the molecule is CCC(CNC)C1(CC(C)C)COC1. The summed E-state index contributed by atoms with van der Waals surface area (Å²) in [6.45, 7) is 10.0. The highest BCUT2D eigenvalue weighted by Crippen LogP contribution is 2.42. The summed E-state index contributed by atoms with van der Waals surface area (Å²) < 4.78 is 5.44. The summed E-state index contributed by atoms with van der Waals surface area (Å²) in [5.41, 5.74) is 0.478. The molecule has 0 saturated carbocycles. The molecule has 1 saturated heterocycles. The predicted molar refractivity (Wildman–Crippen MR) is 60.4 cm³/mol. The lowest BCUT2D eigenvalue weighted by Gasteiger charge is -2.48. The van der Waals surface area contributed by atoms with Crippen molar-refractivity contribution in [1.82, 2.24) is 5.32 Å². The number of nitrogens with one attached hydrogen (secondary N) is 1. The first-order valence-electron chi connectivity index (χ1n) is 5.87. The van der Waals surface area contributed by atoms with E-state index in [0.717, 1.165) is 31.6 Å². The third-order valence-electron chi connectivity index (χ3n) is 3.40. The second kappa shape index (κ2) is 5.13. The first kappa shape index (κ1) is 12.0. The summed E-state index contributed by atoms with van der Waals surface area (Å²) in [7, 11) is 2.05. The Morgan fingerprint density at radius 3 is 2.29 bits per heavy atom.